The van der Waals surface area contributed by atoms with E-state index in [2.05, 4.69) is 0 Å². The molecule has 1 aromatic carbocycles. The van der Waals surface area contributed by atoms with Gasteiger partial charge in [-0.25, -0.2) is 0 Å². The molecule has 0 aliphatic heterocycles. The average molecular weight is 218 g/mol. The van der Waals surface area contributed by atoms with Gasteiger partial charge in [-0.05, 0) is 37.8 Å². The zero-order chi connectivity index (χ0) is 11.4. The summed E-state index contributed by atoms with van der Waals surface area (Å²) < 4.78 is 5.29. The average Bonchev–Trinajstić information content (AvgIpc) is 2.74. The van der Waals surface area contributed by atoms with Gasteiger partial charge >= 0.3 is 5.97 Å². The van der Waals surface area contributed by atoms with Crippen LogP contribution in [0.3, 0.4) is 0 Å². The largest absolute Gasteiger partial charge is 0.427 e. The lowest BCUT2D eigenvalue weighted by Gasteiger charge is -2.08. The molecule has 0 radical (unpaired) electrons. The van der Waals surface area contributed by atoms with E-state index in [1.165, 1.54) is 31.2 Å². The Morgan fingerprint density at radius 3 is 2.50 bits per heavy atom. The van der Waals surface area contributed by atoms with Crippen LogP contribution in [0.4, 0.5) is 0 Å². The molecule has 1 aliphatic rings. The zero-order valence-electron chi connectivity index (χ0n) is 9.74. The van der Waals surface area contributed by atoms with Crippen molar-refractivity contribution in [2.75, 3.05) is 0 Å². The highest BCUT2D eigenvalue weighted by molar-refractivity contribution is 5.72. The monoisotopic (exact) mass is 218 g/mol. The van der Waals surface area contributed by atoms with Gasteiger partial charge in [0.1, 0.15) is 5.75 Å². The maximum atomic E-state index is 11.6. The summed E-state index contributed by atoms with van der Waals surface area (Å²) in [5, 5.41) is 0. The minimum absolute atomic E-state index is 0.0873. The first kappa shape index (κ1) is 11.2. The van der Waals surface area contributed by atoms with Crippen LogP contribution in [0.2, 0.25) is 0 Å². The molecule has 0 amide bonds. The van der Waals surface area contributed by atoms with Crippen LogP contribution in [-0.2, 0) is 4.79 Å². The highest BCUT2D eigenvalue weighted by Crippen LogP contribution is 2.28. The molecular formula is C14H18O2. The van der Waals surface area contributed by atoms with Crippen molar-refractivity contribution in [1.29, 1.82) is 0 Å². The Bertz CT molecular complexity index is 348. The number of esters is 1. The molecule has 2 nitrogen and oxygen atoms in total. The lowest BCUT2D eigenvalue weighted by atomic mass is 10.0. The maximum Gasteiger partial charge on any atom is 0.311 e. The third-order valence-electron chi connectivity index (χ3n) is 3.18. The third kappa shape index (κ3) is 3.09. The van der Waals surface area contributed by atoms with Crippen LogP contribution in [0, 0.1) is 12.8 Å². The molecule has 0 bridgehead atoms. The molecule has 16 heavy (non-hydrogen) atoms. The molecule has 1 aliphatic carbocycles. The summed E-state index contributed by atoms with van der Waals surface area (Å²) in [6.45, 7) is 2.02. The van der Waals surface area contributed by atoms with Gasteiger partial charge in [0.25, 0.3) is 0 Å². The second-order valence-electron chi connectivity index (χ2n) is 4.64. The first-order valence-corrected chi connectivity index (χ1v) is 6.01. The predicted molar refractivity (Wildman–Crippen MR) is 63.4 cm³/mol. The van der Waals surface area contributed by atoms with Crippen molar-refractivity contribution in [3.05, 3.63) is 29.8 Å². The Labute approximate surface area is 96.6 Å². The van der Waals surface area contributed by atoms with E-state index in [0.717, 1.165) is 0 Å². The van der Waals surface area contributed by atoms with Crippen molar-refractivity contribution in [2.24, 2.45) is 5.92 Å². The summed E-state index contributed by atoms with van der Waals surface area (Å²) >= 11 is 0. The van der Waals surface area contributed by atoms with Gasteiger partial charge < -0.3 is 4.74 Å². The Morgan fingerprint density at radius 1 is 1.25 bits per heavy atom. The van der Waals surface area contributed by atoms with Gasteiger partial charge in [-0.2, -0.15) is 0 Å². The molecule has 1 saturated carbocycles. The van der Waals surface area contributed by atoms with E-state index in [4.69, 9.17) is 4.74 Å². The first-order valence-electron chi connectivity index (χ1n) is 6.01. The van der Waals surface area contributed by atoms with Gasteiger partial charge in [-0.3, -0.25) is 4.79 Å². The summed E-state index contributed by atoms with van der Waals surface area (Å²) in [7, 11) is 0. The molecule has 0 spiro atoms. The van der Waals surface area contributed by atoms with E-state index in [-0.39, 0.29) is 5.97 Å². The van der Waals surface area contributed by atoms with E-state index in [1.54, 1.807) is 0 Å². The summed E-state index contributed by atoms with van der Waals surface area (Å²) in [6.07, 6.45) is 5.48. The van der Waals surface area contributed by atoms with E-state index in [9.17, 15) is 4.79 Å². The van der Waals surface area contributed by atoms with Gasteiger partial charge in [0.05, 0.1) is 0 Å². The Balaban J connectivity index is 1.84. The molecule has 0 aromatic heterocycles. The first-order chi connectivity index (χ1) is 7.74. The Hall–Kier alpha value is -1.31. The standard InChI is InChI=1S/C14H18O2/c1-11-6-8-13(9-7-11)16-14(15)10-12-4-2-3-5-12/h6-9,12H,2-5,10H2,1H3. The molecule has 0 heterocycles. The Kier molecular flexibility index (Phi) is 3.60. The molecule has 2 rings (SSSR count). The fourth-order valence-corrected chi connectivity index (χ4v) is 2.23. The zero-order valence-corrected chi connectivity index (χ0v) is 9.74. The quantitative estimate of drug-likeness (QED) is 0.573. The molecule has 86 valence electrons. The van der Waals surface area contributed by atoms with Crippen molar-refractivity contribution < 1.29 is 9.53 Å². The topological polar surface area (TPSA) is 26.3 Å². The lowest BCUT2D eigenvalue weighted by Crippen LogP contribution is -2.12. The lowest BCUT2D eigenvalue weighted by molar-refractivity contribution is -0.135. The van der Waals surface area contributed by atoms with Crippen LogP contribution >= 0.6 is 0 Å². The van der Waals surface area contributed by atoms with Crippen LogP contribution in [0.1, 0.15) is 37.7 Å². The minimum Gasteiger partial charge on any atom is -0.427 e. The summed E-state index contributed by atoms with van der Waals surface area (Å²) in [5.41, 5.74) is 1.18. The summed E-state index contributed by atoms with van der Waals surface area (Å²) in [6, 6.07) is 7.61. The van der Waals surface area contributed by atoms with Gasteiger partial charge in [0, 0.05) is 6.42 Å². The van der Waals surface area contributed by atoms with E-state index < -0.39 is 0 Å². The van der Waals surface area contributed by atoms with Crippen LogP contribution in [0.15, 0.2) is 24.3 Å². The fourth-order valence-electron chi connectivity index (χ4n) is 2.23. The number of rotatable bonds is 3. The van der Waals surface area contributed by atoms with Gasteiger partial charge in [0.15, 0.2) is 0 Å². The number of benzene rings is 1. The van der Waals surface area contributed by atoms with Crippen LogP contribution in [-0.4, -0.2) is 5.97 Å². The van der Waals surface area contributed by atoms with Crippen molar-refractivity contribution in [3.8, 4) is 5.75 Å². The van der Waals surface area contributed by atoms with Crippen molar-refractivity contribution in [2.45, 2.75) is 39.0 Å². The van der Waals surface area contributed by atoms with Gasteiger partial charge in [0.2, 0.25) is 0 Å². The molecule has 2 heteroatoms. The number of aryl methyl sites for hydroxylation is 1. The van der Waals surface area contributed by atoms with E-state index in [1.807, 2.05) is 31.2 Å². The number of hydrogen-bond acceptors (Lipinski definition) is 2. The molecule has 1 fully saturated rings. The van der Waals surface area contributed by atoms with Crippen molar-refractivity contribution in [1.82, 2.24) is 0 Å². The molecule has 0 unspecified atom stereocenters. The molecule has 1 aromatic rings. The van der Waals surface area contributed by atoms with Gasteiger partial charge in [-0.1, -0.05) is 30.5 Å². The molecule has 0 atom stereocenters. The minimum atomic E-state index is -0.0873. The van der Waals surface area contributed by atoms with E-state index >= 15 is 0 Å². The normalized spacial score (nSPS) is 16.3. The van der Waals surface area contributed by atoms with E-state index in [0.29, 0.717) is 18.1 Å². The predicted octanol–water partition coefficient (Wildman–Crippen LogP) is 3.48. The fraction of sp³-hybridized carbons (Fsp3) is 0.500. The number of ether oxygens (including phenoxy) is 1. The molecule has 0 N–H and O–H groups in total. The highest BCUT2D eigenvalue weighted by Gasteiger charge is 2.19. The Morgan fingerprint density at radius 2 is 1.88 bits per heavy atom. The number of carbonyl (C=O) groups is 1. The summed E-state index contributed by atoms with van der Waals surface area (Å²) in [5.74, 6) is 1.13. The van der Waals surface area contributed by atoms with Crippen molar-refractivity contribution in [3.63, 3.8) is 0 Å². The van der Waals surface area contributed by atoms with Crippen molar-refractivity contribution >= 4 is 5.97 Å². The number of hydrogen-bond donors (Lipinski definition) is 0. The maximum absolute atomic E-state index is 11.6. The second kappa shape index (κ2) is 5.15. The van der Waals surface area contributed by atoms with Gasteiger partial charge in [-0.15, -0.1) is 0 Å². The van der Waals surface area contributed by atoms with Crippen LogP contribution < -0.4 is 4.74 Å². The smallest absolute Gasteiger partial charge is 0.311 e. The van der Waals surface area contributed by atoms with Crippen LogP contribution in [0.5, 0.6) is 5.75 Å². The second-order valence-corrected chi connectivity index (χ2v) is 4.64. The summed E-state index contributed by atoms with van der Waals surface area (Å²) in [4.78, 5) is 11.6. The highest BCUT2D eigenvalue weighted by atomic mass is 16.5. The number of carbonyl (C=O) groups excluding carboxylic acids is 1. The molecular weight excluding hydrogens is 200 g/mol. The SMILES string of the molecule is Cc1ccc(OC(=O)CC2CCCC2)cc1. The molecule has 0 saturated heterocycles. The third-order valence-corrected chi connectivity index (χ3v) is 3.18. The van der Waals surface area contributed by atoms with Crippen LogP contribution in [0.25, 0.3) is 0 Å².